The lowest BCUT2D eigenvalue weighted by molar-refractivity contribution is -0.384. The number of azo groups is 1. The summed E-state index contributed by atoms with van der Waals surface area (Å²) >= 11 is 1.17. The number of benzene rings is 2. The molecule has 1 aromatic heterocycles. The molecule has 0 spiro atoms. The Morgan fingerprint density at radius 3 is 2.70 bits per heavy atom. The number of anilines is 1. The number of aromatic nitrogens is 1. The molecule has 0 aliphatic rings. The van der Waals surface area contributed by atoms with Crippen molar-refractivity contribution in [1.82, 2.24) is 4.37 Å². The number of hydrogen-bond acceptors (Lipinski definition) is 7. The second-order valence-electron chi connectivity index (χ2n) is 4.72. The number of nitro benzene ring substituents is 1. The zero-order chi connectivity index (χ0) is 16.2. The number of non-ortho nitro benzene ring substituents is 1. The third-order valence-electron chi connectivity index (χ3n) is 3.16. The van der Waals surface area contributed by atoms with E-state index < -0.39 is 4.92 Å². The number of nitro groups is 1. The molecule has 0 fully saturated rings. The van der Waals surface area contributed by atoms with Crippen LogP contribution in [0.4, 0.5) is 22.1 Å². The summed E-state index contributed by atoms with van der Waals surface area (Å²) in [7, 11) is 0. The van der Waals surface area contributed by atoms with Gasteiger partial charge >= 0.3 is 0 Å². The monoisotopic (exact) mass is 327 g/mol. The first-order valence-electron chi connectivity index (χ1n) is 6.97. The molecule has 3 aromatic rings. The maximum absolute atomic E-state index is 10.9. The summed E-state index contributed by atoms with van der Waals surface area (Å²) in [4.78, 5) is 10.4. The number of hydrogen-bond donors (Lipinski definition) is 1. The fourth-order valence-electron chi connectivity index (χ4n) is 2.06. The third-order valence-corrected chi connectivity index (χ3v) is 3.92. The normalized spacial score (nSPS) is 11.2. The topological polar surface area (TPSA) is 92.8 Å². The van der Waals surface area contributed by atoms with Gasteiger partial charge in [-0.15, -0.1) is 10.2 Å². The van der Waals surface area contributed by atoms with Gasteiger partial charge in [0, 0.05) is 29.8 Å². The molecule has 1 heterocycles. The minimum Gasteiger partial charge on any atom is -0.385 e. The fraction of sp³-hybridized carbons (Fsp3) is 0.133. The molecular formula is C15H13N5O2S. The molecule has 0 aliphatic heterocycles. The zero-order valence-corrected chi connectivity index (χ0v) is 13.1. The van der Waals surface area contributed by atoms with Crippen LogP contribution in [-0.4, -0.2) is 15.8 Å². The summed E-state index contributed by atoms with van der Waals surface area (Å²) in [5.74, 6) is 0. The lowest BCUT2D eigenvalue weighted by atomic mass is 10.2. The Morgan fingerprint density at radius 1 is 1.22 bits per heavy atom. The van der Waals surface area contributed by atoms with E-state index in [1.54, 1.807) is 6.07 Å². The van der Waals surface area contributed by atoms with E-state index in [4.69, 9.17) is 0 Å². The number of rotatable bonds is 5. The standard InChI is InChI=1S/C15H13N5O2S/c1-2-16-10-3-5-11(6-4-10)17-18-15-13-9-12(20(21)22)7-8-14(13)19-23-15/h3-9,16H,2H2,1H3. The molecule has 1 N–H and O–H groups in total. The van der Waals surface area contributed by atoms with Crippen LogP contribution >= 0.6 is 11.5 Å². The molecule has 116 valence electrons. The zero-order valence-electron chi connectivity index (χ0n) is 12.3. The van der Waals surface area contributed by atoms with Crippen LogP contribution < -0.4 is 5.32 Å². The molecule has 0 saturated heterocycles. The van der Waals surface area contributed by atoms with Gasteiger partial charge in [-0.1, -0.05) is 0 Å². The van der Waals surface area contributed by atoms with E-state index in [0.29, 0.717) is 21.6 Å². The Kier molecular flexibility index (Phi) is 4.24. The van der Waals surface area contributed by atoms with Crippen molar-refractivity contribution in [2.45, 2.75) is 6.92 Å². The molecule has 0 radical (unpaired) electrons. The van der Waals surface area contributed by atoms with Gasteiger partial charge in [-0.05, 0) is 48.8 Å². The Morgan fingerprint density at radius 2 is 2.00 bits per heavy atom. The first-order valence-corrected chi connectivity index (χ1v) is 7.74. The molecule has 0 saturated carbocycles. The maximum Gasteiger partial charge on any atom is 0.270 e. The Labute approximate surface area is 136 Å². The van der Waals surface area contributed by atoms with Crippen LogP contribution in [0.25, 0.3) is 10.9 Å². The van der Waals surface area contributed by atoms with Crippen LogP contribution in [0, 0.1) is 10.1 Å². The second kappa shape index (κ2) is 6.49. The Hall–Kier alpha value is -2.87. The molecule has 0 amide bonds. The SMILES string of the molecule is CCNc1ccc(N=Nc2snc3ccc([N+](=O)[O-])cc23)cc1. The van der Waals surface area contributed by atoms with E-state index in [2.05, 4.69) is 19.9 Å². The van der Waals surface area contributed by atoms with Gasteiger partial charge < -0.3 is 5.32 Å². The van der Waals surface area contributed by atoms with Crippen molar-refractivity contribution >= 4 is 44.5 Å². The molecule has 8 heteroatoms. The summed E-state index contributed by atoms with van der Waals surface area (Å²) in [6.45, 7) is 2.88. The van der Waals surface area contributed by atoms with Gasteiger partial charge in [0.2, 0.25) is 0 Å². The summed E-state index contributed by atoms with van der Waals surface area (Å²) in [5.41, 5.74) is 2.42. The number of fused-ring (bicyclic) bond motifs is 1. The molecule has 0 aliphatic carbocycles. The van der Waals surface area contributed by atoms with E-state index in [-0.39, 0.29) is 5.69 Å². The molecule has 3 rings (SSSR count). The highest BCUT2D eigenvalue weighted by Gasteiger charge is 2.11. The van der Waals surface area contributed by atoms with E-state index in [0.717, 1.165) is 12.2 Å². The molecular weight excluding hydrogens is 314 g/mol. The maximum atomic E-state index is 10.9. The van der Waals surface area contributed by atoms with Crippen LogP contribution in [0.3, 0.4) is 0 Å². The summed E-state index contributed by atoms with van der Waals surface area (Å²) in [6, 6.07) is 12.1. The quantitative estimate of drug-likeness (QED) is 0.403. The van der Waals surface area contributed by atoms with Crippen LogP contribution in [0.15, 0.2) is 52.7 Å². The van der Waals surface area contributed by atoms with Gasteiger partial charge in [0.1, 0.15) is 0 Å². The Bertz CT molecular complexity index is 873. The van der Waals surface area contributed by atoms with Crippen LogP contribution in [-0.2, 0) is 0 Å². The predicted molar refractivity (Wildman–Crippen MR) is 91.1 cm³/mol. The lowest BCUT2D eigenvalue weighted by Gasteiger charge is -2.01. The summed E-state index contributed by atoms with van der Waals surface area (Å²) in [6.07, 6.45) is 0. The van der Waals surface area contributed by atoms with Crippen LogP contribution in [0.2, 0.25) is 0 Å². The fourth-order valence-corrected chi connectivity index (χ4v) is 2.74. The van der Waals surface area contributed by atoms with E-state index in [1.165, 1.54) is 23.7 Å². The Balaban J connectivity index is 1.88. The molecule has 0 bridgehead atoms. The number of nitrogens with zero attached hydrogens (tertiary/aromatic N) is 4. The minimum atomic E-state index is -0.433. The van der Waals surface area contributed by atoms with Crippen molar-refractivity contribution in [3.8, 4) is 0 Å². The van der Waals surface area contributed by atoms with E-state index in [1.807, 2.05) is 31.2 Å². The first kappa shape index (κ1) is 15.0. The first-order chi connectivity index (χ1) is 11.2. The van der Waals surface area contributed by atoms with E-state index in [9.17, 15) is 10.1 Å². The summed E-state index contributed by atoms with van der Waals surface area (Å²) < 4.78 is 4.23. The average Bonchev–Trinajstić information content (AvgIpc) is 2.97. The van der Waals surface area contributed by atoms with Crippen LogP contribution in [0.1, 0.15) is 6.92 Å². The van der Waals surface area contributed by atoms with Crippen LogP contribution in [0.5, 0.6) is 0 Å². The van der Waals surface area contributed by atoms with Crippen molar-refractivity contribution in [1.29, 1.82) is 0 Å². The minimum absolute atomic E-state index is 0.0177. The van der Waals surface area contributed by atoms with Gasteiger partial charge in [0.25, 0.3) is 5.69 Å². The summed E-state index contributed by atoms with van der Waals surface area (Å²) in [5, 5.41) is 23.6. The highest BCUT2D eigenvalue weighted by atomic mass is 32.1. The van der Waals surface area contributed by atoms with Crippen molar-refractivity contribution in [2.75, 3.05) is 11.9 Å². The van der Waals surface area contributed by atoms with Gasteiger partial charge in [-0.2, -0.15) is 4.37 Å². The third kappa shape index (κ3) is 3.32. The smallest absolute Gasteiger partial charge is 0.270 e. The van der Waals surface area contributed by atoms with Gasteiger partial charge in [-0.25, -0.2) is 0 Å². The molecule has 7 nitrogen and oxygen atoms in total. The molecule has 23 heavy (non-hydrogen) atoms. The highest BCUT2D eigenvalue weighted by molar-refractivity contribution is 7.11. The van der Waals surface area contributed by atoms with Gasteiger partial charge in [0.15, 0.2) is 5.00 Å². The van der Waals surface area contributed by atoms with Crippen molar-refractivity contribution in [3.63, 3.8) is 0 Å². The van der Waals surface area contributed by atoms with Gasteiger partial charge in [0.05, 0.1) is 16.1 Å². The molecule has 0 unspecified atom stereocenters. The predicted octanol–water partition coefficient (Wildman–Crippen LogP) is 5.05. The average molecular weight is 327 g/mol. The van der Waals surface area contributed by atoms with Gasteiger partial charge in [-0.3, -0.25) is 10.1 Å². The van der Waals surface area contributed by atoms with Crippen molar-refractivity contribution in [2.24, 2.45) is 10.2 Å². The second-order valence-corrected chi connectivity index (χ2v) is 5.48. The van der Waals surface area contributed by atoms with Crippen molar-refractivity contribution in [3.05, 3.63) is 52.6 Å². The molecule has 0 atom stereocenters. The molecule has 2 aromatic carbocycles. The number of nitrogens with one attached hydrogen (secondary N) is 1. The van der Waals surface area contributed by atoms with E-state index >= 15 is 0 Å². The van der Waals surface area contributed by atoms with Crippen molar-refractivity contribution < 1.29 is 4.92 Å². The highest BCUT2D eigenvalue weighted by Crippen LogP contribution is 2.34. The largest absolute Gasteiger partial charge is 0.385 e. The lowest BCUT2D eigenvalue weighted by Crippen LogP contribution is -1.94.